The van der Waals surface area contributed by atoms with Gasteiger partial charge in [-0.3, -0.25) is 0 Å². The van der Waals surface area contributed by atoms with Crippen molar-refractivity contribution in [2.75, 3.05) is 0 Å². The van der Waals surface area contributed by atoms with Gasteiger partial charge in [0.05, 0.1) is 18.1 Å². The Kier molecular flexibility index (Phi) is 2.41. The second-order valence-corrected chi connectivity index (χ2v) is 3.72. The summed E-state index contributed by atoms with van der Waals surface area (Å²) in [7, 11) is 0. The molecule has 0 radical (unpaired) electrons. The van der Waals surface area contributed by atoms with E-state index in [9.17, 15) is 5.11 Å². The van der Waals surface area contributed by atoms with Crippen molar-refractivity contribution < 1.29 is 5.11 Å². The Morgan fingerprint density at radius 2 is 1.87 bits per heavy atom. The van der Waals surface area contributed by atoms with Gasteiger partial charge in [0.15, 0.2) is 0 Å². The first-order valence-electron chi connectivity index (χ1n) is 4.88. The first-order chi connectivity index (χ1) is 7.18. The van der Waals surface area contributed by atoms with Crippen LogP contribution in [0, 0.1) is 0 Å². The minimum absolute atomic E-state index is 0.291. The smallest absolute Gasteiger partial charge is 0.121 e. The SMILES string of the molecule is CC(C)c1ccc(-n2nccn2)cc1O. The number of aromatic hydroxyl groups is 1. The predicted molar refractivity (Wildman–Crippen MR) is 57.1 cm³/mol. The summed E-state index contributed by atoms with van der Waals surface area (Å²) in [6, 6.07) is 5.48. The van der Waals surface area contributed by atoms with Gasteiger partial charge in [-0.05, 0) is 17.5 Å². The van der Waals surface area contributed by atoms with Gasteiger partial charge in [-0.2, -0.15) is 15.0 Å². The quantitative estimate of drug-likeness (QED) is 0.813. The highest BCUT2D eigenvalue weighted by molar-refractivity contribution is 5.44. The lowest BCUT2D eigenvalue weighted by Crippen LogP contribution is -1.99. The molecular weight excluding hydrogens is 190 g/mol. The van der Waals surface area contributed by atoms with Crippen LogP contribution in [-0.2, 0) is 0 Å². The number of nitrogens with zero attached hydrogens (tertiary/aromatic N) is 3. The van der Waals surface area contributed by atoms with Crippen molar-refractivity contribution in [1.82, 2.24) is 15.0 Å². The van der Waals surface area contributed by atoms with E-state index in [1.807, 2.05) is 26.0 Å². The monoisotopic (exact) mass is 203 g/mol. The van der Waals surface area contributed by atoms with Crippen molar-refractivity contribution in [1.29, 1.82) is 0 Å². The Labute approximate surface area is 88.2 Å². The Hall–Kier alpha value is -1.84. The van der Waals surface area contributed by atoms with Crippen LogP contribution in [0.1, 0.15) is 25.3 Å². The summed E-state index contributed by atoms with van der Waals surface area (Å²) in [6.07, 6.45) is 3.21. The lowest BCUT2D eigenvalue weighted by molar-refractivity contribution is 0.464. The Bertz CT molecular complexity index is 449. The molecule has 0 bridgehead atoms. The fourth-order valence-corrected chi connectivity index (χ4v) is 1.49. The van der Waals surface area contributed by atoms with E-state index in [0.717, 1.165) is 11.3 Å². The first kappa shape index (κ1) is 9.71. The highest BCUT2D eigenvalue weighted by atomic mass is 16.3. The molecule has 2 rings (SSSR count). The molecule has 1 aromatic carbocycles. The number of hydrogen-bond donors (Lipinski definition) is 1. The first-order valence-corrected chi connectivity index (χ1v) is 4.88. The summed E-state index contributed by atoms with van der Waals surface area (Å²) < 4.78 is 0. The largest absolute Gasteiger partial charge is 0.508 e. The second kappa shape index (κ2) is 3.73. The lowest BCUT2D eigenvalue weighted by Gasteiger charge is -2.09. The van der Waals surface area contributed by atoms with Gasteiger partial charge < -0.3 is 5.11 Å². The topological polar surface area (TPSA) is 50.9 Å². The van der Waals surface area contributed by atoms with Crippen molar-refractivity contribution in [3.8, 4) is 11.4 Å². The number of phenols is 1. The molecule has 0 fully saturated rings. The summed E-state index contributed by atoms with van der Waals surface area (Å²) in [4.78, 5) is 1.48. The molecule has 1 N–H and O–H groups in total. The van der Waals surface area contributed by atoms with Crippen LogP contribution in [0.5, 0.6) is 5.75 Å². The zero-order valence-corrected chi connectivity index (χ0v) is 8.75. The van der Waals surface area contributed by atoms with Crippen LogP contribution in [0.15, 0.2) is 30.6 Å². The van der Waals surface area contributed by atoms with E-state index in [4.69, 9.17) is 0 Å². The van der Waals surface area contributed by atoms with Gasteiger partial charge in [0.25, 0.3) is 0 Å². The van der Waals surface area contributed by atoms with Crippen molar-refractivity contribution in [3.05, 3.63) is 36.2 Å². The molecule has 0 saturated carbocycles. The van der Waals surface area contributed by atoms with Crippen LogP contribution in [0.25, 0.3) is 5.69 Å². The summed E-state index contributed by atoms with van der Waals surface area (Å²) in [5.41, 5.74) is 1.70. The minimum Gasteiger partial charge on any atom is -0.508 e. The standard InChI is InChI=1S/C11H13N3O/c1-8(2)10-4-3-9(7-11(10)15)14-12-5-6-13-14/h3-8,15H,1-2H3. The van der Waals surface area contributed by atoms with Gasteiger partial charge in [-0.25, -0.2) is 0 Å². The third kappa shape index (κ3) is 1.83. The van der Waals surface area contributed by atoms with Gasteiger partial charge in [-0.15, -0.1) is 0 Å². The highest BCUT2D eigenvalue weighted by Crippen LogP contribution is 2.26. The molecule has 0 amide bonds. The Morgan fingerprint density at radius 3 is 2.40 bits per heavy atom. The molecule has 0 unspecified atom stereocenters. The number of rotatable bonds is 2. The van der Waals surface area contributed by atoms with Crippen molar-refractivity contribution in [3.63, 3.8) is 0 Å². The van der Waals surface area contributed by atoms with E-state index in [1.165, 1.54) is 4.80 Å². The minimum atomic E-state index is 0.291. The summed E-state index contributed by atoms with van der Waals surface area (Å²) in [5, 5.41) is 17.8. The van der Waals surface area contributed by atoms with Crippen LogP contribution < -0.4 is 0 Å². The maximum absolute atomic E-state index is 9.79. The normalized spacial score (nSPS) is 10.9. The highest BCUT2D eigenvalue weighted by Gasteiger charge is 2.07. The van der Waals surface area contributed by atoms with E-state index in [0.29, 0.717) is 11.7 Å². The van der Waals surface area contributed by atoms with Crippen LogP contribution in [0.3, 0.4) is 0 Å². The van der Waals surface area contributed by atoms with E-state index in [-0.39, 0.29) is 0 Å². The molecule has 0 aliphatic heterocycles. The van der Waals surface area contributed by atoms with Crippen molar-refractivity contribution in [2.24, 2.45) is 0 Å². The maximum Gasteiger partial charge on any atom is 0.121 e. The summed E-state index contributed by atoms with van der Waals surface area (Å²) in [5.74, 6) is 0.601. The van der Waals surface area contributed by atoms with Crippen LogP contribution >= 0.6 is 0 Å². The van der Waals surface area contributed by atoms with Crippen LogP contribution in [-0.4, -0.2) is 20.1 Å². The molecular formula is C11H13N3O. The number of benzene rings is 1. The summed E-state index contributed by atoms with van der Waals surface area (Å²) in [6.45, 7) is 4.09. The molecule has 15 heavy (non-hydrogen) atoms. The molecule has 0 aliphatic rings. The van der Waals surface area contributed by atoms with Gasteiger partial charge in [-0.1, -0.05) is 19.9 Å². The zero-order chi connectivity index (χ0) is 10.8. The third-order valence-electron chi connectivity index (χ3n) is 2.29. The molecule has 4 nitrogen and oxygen atoms in total. The number of phenolic OH excluding ortho intramolecular Hbond substituents is 1. The molecule has 4 heteroatoms. The van der Waals surface area contributed by atoms with Gasteiger partial charge in [0.1, 0.15) is 5.75 Å². The van der Waals surface area contributed by atoms with Gasteiger partial charge in [0.2, 0.25) is 0 Å². The summed E-state index contributed by atoms with van der Waals surface area (Å²) >= 11 is 0. The fraction of sp³-hybridized carbons (Fsp3) is 0.273. The molecule has 0 atom stereocenters. The zero-order valence-electron chi connectivity index (χ0n) is 8.75. The molecule has 1 aromatic heterocycles. The van der Waals surface area contributed by atoms with Crippen molar-refractivity contribution >= 4 is 0 Å². The van der Waals surface area contributed by atoms with Gasteiger partial charge in [0, 0.05) is 6.07 Å². The average molecular weight is 203 g/mol. The van der Waals surface area contributed by atoms with Crippen LogP contribution in [0.2, 0.25) is 0 Å². The Balaban J connectivity index is 2.42. The third-order valence-corrected chi connectivity index (χ3v) is 2.29. The lowest BCUT2D eigenvalue weighted by atomic mass is 10.0. The van der Waals surface area contributed by atoms with E-state index < -0.39 is 0 Å². The molecule has 0 aliphatic carbocycles. The fourth-order valence-electron chi connectivity index (χ4n) is 1.49. The van der Waals surface area contributed by atoms with Crippen LogP contribution in [0.4, 0.5) is 0 Å². The predicted octanol–water partition coefficient (Wildman–Crippen LogP) is 2.10. The average Bonchev–Trinajstić information content (AvgIpc) is 2.69. The molecule has 78 valence electrons. The molecule has 2 aromatic rings. The van der Waals surface area contributed by atoms with E-state index >= 15 is 0 Å². The van der Waals surface area contributed by atoms with E-state index in [1.54, 1.807) is 18.5 Å². The maximum atomic E-state index is 9.79. The number of aromatic nitrogens is 3. The molecule has 1 heterocycles. The molecule has 0 spiro atoms. The number of hydrogen-bond acceptors (Lipinski definition) is 3. The van der Waals surface area contributed by atoms with Crippen molar-refractivity contribution in [2.45, 2.75) is 19.8 Å². The van der Waals surface area contributed by atoms with Gasteiger partial charge >= 0.3 is 0 Å². The second-order valence-electron chi connectivity index (χ2n) is 3.72. The van der Waals surface area contributed by atoms with E-state index in [2.05, 4.69) is 10.2 Å². The molecule has 0 saturated heterocycles. The Morgan fingerprint density at radius 1 is 1.20 bits per heavy atom.